The van der Waals surface area contributed by atoms with Crippen LogP contribution in [0.2, 0.25) is 0 Å². The van der Waals surface area contributed by atoms with Crippen LogP contribution >= 0.6 is 23.1 Å². The summed E-state index contributed by atoms with van der Waals surface area (Å²) in [6.07, 6.45) is 2.04. The minimum absolute atomic E-state index is 0.162. The Hall–Kier alpha value is -1.86. The van der Waals surface area contributed by atoms with Gasteiger partial charge in [-0.15, -0.1) is 11.8 Å². The lowest BCUT2D eigenvalue weighted by Crippen LogP contribution is -2.12. The van der Waals surface area contributed by atoms with E-state index in [9.17, 15) is 4.79 Å². The lowest BCUT2D eigenvalue weighted by molar-refractivity contribution is 0.0962. The second kappa shape index (κ2) is 5.50. The highest BCUT2D eigenvalue weighted by molar-refractivity contribution is 7.98. The Labute approximate surface area is 129 Å². The highest BCUT2D eigenvalue weighted by atomic mass is 32.2. The summed E-state index contributed by atoms with van der Waals surface area (Å²) >= 11 is 3.17. The molecule has 0 unspecified atom stereocenters. The second-order valence-electron chi connectivity index (χ2n) is 4.53. The van der Waals surface area contributed by atoms with Crippen molar-refractivity contribution < 1.29 is 9.32 Å². The number of thiazole rings is 1. The fraction of sp³-hybridized carbons (Fsp3) is 0.214. The van der Waals surface area contributed by atoms with Crippen molar-refractivity contribution >= 4 is 39.2 Å². The average Bonchev–Trinajstić information content (AvgIpc) is 3.03. The maximum Gasteiger partial charge on any atom is 0.318 e. The molecule has 2 heterocycles. The number of amides is 1. The largest absolute Gasteiger partial charge is 0.351 e. The van der Waals surface area contributed by atoms with Crippen LogP contribution in [-0.2, 0) is 7.05 Å². The van der Waals surface area contributed by atoms with Crippen LogP contribution in [0, 0.1) is 6.92 Å². The van der Waals surface area contributed by atoms with Crippen LogP contribution in [0.25, 0.3) is 10.2 Å². The van der Waals surface area contributed by atoms with E-state index in [0.717, 1.165) is 10.2 Å². The SMILES string of the molecule is CSc1ccc2c(c1)sc(=NC(=O)c1cc(C)no1)n2C. The van der Waals surface area contributed by atoms with Crippen molar-refractivity contribution in [3.63, 3.8) is 0 Å². The van der Waals surface area contributed by atoms with Gasteiger partial charge in [-0.3, -0.25) is 4.79 Å². The number of nitrogens with zero attached hydrogens (tertiary/aromatic N) is 3. The van der Waals surface area contributed by atoms with Gasteiger partial charge in [0.05, 0.1) is 15.9 Å². The fourth-order valence-corrected chi connectivity index (χ4v) is 3.52. The van der Waals surface area contributed by atoms with Gasteiger partial charge in [-0.05, 0) is 31.4 Å². The van der Waals surface area contributed by atoms with Crippen molar-refractivity contribution in [2.45, 2.75) is 11.8 Å². The summed E-state index contributed by atoms with van der Waals surface area (Å²) in [6, 6.07) is 7.79. The van der Waals surface area contributed by atoms with Gasteiger partial charge < -0.3 is 9.09 Å². The highest BCUT2D eigenvalue weighted by Crippen LogP contribution is 2.23. The first-order chi connectivity index (χ1) is 10.1. The topological polar surface area (TPSA) is 60.4 Å². The van der Waals surface area contributed by atoms with Crippen LogP contribution < -0.4 is 4.80 Å². The quantitative estimate of drug-likeness (QED) is 0.681. The predicted octanol–water partition coefficient (Wildman–Crippen LogP) is 3.00. The van der Waals surface area contributed by atoms with E-state index in [1.165, 1.54) is 16.2 Å². The molecule has 21 heavy (non-hydrogen) atoms. The molecule has 2 aromatic heterocycles. The van der Waals surface area contributed by atoms with Crippen LogP contribution in [0.5, 0.6) is 0 Å². The molecule has 0 atom stereocenters. The summed E-state index contributed by atoms with van der Waals surface area (Å²) < 4.78 is 7.96. The van der Waals surface area contributed by atoms with E-state index in [2.05, 4.69) is 22.3 Å². The second-order valence-corrected chi connectivity index (χ2v) is 6.42. The zero-order chi connectivity index (χ0) is 15.0. The number of rotatable bonds is 2. The lowest BCUT2D eigenvalue weighted by Gasteiger charge is -1.97. The molecule has 0 aliphatic heterocycles. The van der Waals surface area contributed by atoms with E-state index in [-0.39, 0.29) is 5.76 Å². The molecule has 108 valence electrons. The van der Waals surface area contributed by atoms with Crippen LogP contribution in [-0.4, -0.2) is 21.9 Å². The normalized spacial score (nSPS) is 12.2. The van der Waals surface area contributed by atoms with Gasteiger partial charge in [0.1, 0.15) is 0 Å². The lowest BCUT2D eigenvalue weighted by atomic mass is 10.3. The molecule has 0 spiro atoms. The third-order valence-electron chi connectivity index (χ3n) is 3.05. The maximum absolute atomic E-state index is 12.1. The smallest absolute Gasteiger partial charge is 0.318 e. The summed E-state index contributed by atoms with van der Waals surface area (Å²) in [4.78, 5) is 18.0. The minimum Gasteiger partial charge on any atom is -0.351 e. The molecule has 0 N–H and O–H groups in total. The van der Waals surface area contributed by atoms with Crippen LogP contribution in [0.1, 0.15) is 16.2 Å². The number of aromatic nitrogens is 2. The minimum atomic E-state index is -0.414. The van der Waals surface area contributed by atoms with Crippen LogP contribution in [0.4, 0.5) is 0 Å². The summed E-state index contributed by atoms with van der Waals surface area (Å²) in [5, 5.41) is 3.71. The summed E-state index contributed by atoms with van der Waals surface area (Å²) in [6.45, 7) is 1.77. The van der Waals surface area contributed by atoms with E-state index >= 15 is 0 Å². The third-order valence-corrected chi connectivity index (χ3v) is 4.87. The van der Waals surface area contributed by atoms with Crippen molar-refractivity contribution in [2.24, 2.45) is 12.0 Å². The Bertz CT molecular complexity index is 889. The van der Waals surface area contributed by atoms with E-state index < -0.39 is 5.91 Å². The number of aryl methyl sites for hydroxylation is 2. The van der Waals surface area contributed by atoms with Crippen molar-refractivity contribution in [1.82, 2.24) is 9.72 Å². The number of benzene rings is 1. The molecule has 1 amide bonds. The van der Waals surface area contributed by atoms with Crippen LogP contribution in [0.15, 0.2) is 38.7 Å². The summed E-state index contributed by atoms with van der Waals surface area (Å²) in [5.74, 6) is -0.252. The molecule has 7 heteroatoms. The first-order valence-corrected chi connectivity index (χ1v) is 8.28. The molecule has 0 radical (unpaired) electrons. The molecule has 0 bridgehead atoms. The molecule has 5 nitrogen and oxygen atoms in total. The van der Waals surface area contributed by atoms with E-state index in [1.54, 1.807) is 24.8 Å². The molecule has 3 aromatic rings. The number of carbonyl (C=O) groups excluding carboxylic acids is 1. The zero-order valence-electron chi connectivity index (χ0n) is 11.8. The Morgan fingerprint density at radius 3 is 2.90 bits per heavy atom. The Kier molecular flexibility index (Phi) is 3.69. The molecule has 0 fully saturated rings. The molecule has 0 aliphatic rings. The van der Waals surface area contributed by atoms with Gasteiger partial charge in [-0.2, -0.15) is 4.99 Å². The molecular weight excluding hydrogens is 306 g/mol. The monoisotopic (exact) mass is 319 g/mol. The van der Waals surface area contributed by atoms with E-state index in [4.69, 9.17) is 4.52 Å². The van der Waals surface area contributed by atoms with Crippen LogP contribution in [0.3, 0.4) is 0 Å². The number of carbonyl (C=O) groups is 1. The molecule has 1 aromatic carbocycles. The van der Waals surface area contributed by atoms with Gasteiger partial charge in [0.15, 0.2) is 4.80 Å². The van der Waals surface area contributed by atoms with Crippen molar-refractivity contribution in [3.8, 4) is 0 Å². The molecule has 0 saturated heterocycles. The predicted molar refractivity (Wildman–Crippen MR) is 83.7 cm³/mol. The maximum atomic E-state index is 12.1. The highest BCUT2D eigenvalue weighted by Gasteiger charge is 2.11. The Balaban J connectivity index is 2.09. The Morgan fingerprint density at radius 1 is 1.43 bits per heavy atom. The number of fused-ring (bicyclic) bond motifs is 1. The molecule has 3 rings (SSSR count). The number of hydrogen-bond donors (Lipinski definition) is 0. The van der Waals surface area contributed by atoms with Gasteiger partial charge in [0.25, 0.3) is 0 Å². The van der Waals surface area contributed by atoms with Gasteiger partial charge in [0.2, 0.25) is 5.76 Å². The molecule has 0 saturated carbocycles. The molecule has 0 aliphatic carbocycles. The van der Waals surface area contributed by atoms with E-state index in [0.29, 0.717) is 10.5 Å². The standard InChI is InChI=1S/C14H13N3O2S2/c1-8-6-11(19-16-8)13(18)15-14-17(2)10-5-4-9(20-3)7-12(10)21-14/h4-7H,1-3H3. The first-order valence-electron chi connectivity index (χ1n) is 6.24. The summed E-state index contributed by atoms with van der Waals surface area (Å²) in [7, 11) is 1.90. The van der Waals surface area contributed by atoms with Gasteiger partial charge in [0, 0.05) is 18.0 Å². The average molecular weight is 319 g/mol. The third kappa shape index (κ3) is 2.66. The summed E-state index contributed by atoms with van der Waals surface area (Å²) in [5.41, 5.74) is 1.72. The van der Waals surface area contributed by atoms with Crippen molar-refractivity contribution in [1.29, 1.82) is 0 Å². The molecular formula is C14H13N3O2S2. The van der Waals surface area contributed by atoms with Gasteiger partial charge in [-0.1, -0.05) is 16.5 Å². The van der Waals surface area contributed by atoms with Gasteiger partial charge >= 0.3 is 5.91 Å². The van der Waals surface area contributed by atoms with Crippen molar-refractivity contribution in [3.05, 3.63) is 40.5 Å². The van der Waals surface area contributed by atoms with E-state index in [1.807, 2.05) is 23.9 Å². The number of thioether (sulfide) groups is 1. The van der Waals surface area contributed by atoms with Gasteiger partial charge in [-0.25, -0.2) is 0 Å². The first kappa shape index (κ1) is 14.1. The number of hydrogen-bond acceptors (Lipinski definition) is 5. The Morgan fingerprint density at radius 2 is 2.24 bits per heavy atom. The zero-order valence-corrected chi connectivity index (χ0v) is 13.4. The van der Waals surface area contributed by atoms with Crippen molar-refractivity contribution in [2.75, 3.05) is 6.26 Å². The fourth-order valence-electron chi connectivity index (χ4n) is 1.95.